The second-order valence-corrected chi connectivity index (χ2v) is 4.36. The van der Waals surface area contributed by atoms with Crippen molar-refractivity contribution in [3.05, 3.63) is 17.3 Å². The van der Waals surface area contributed by atoms with E-state index in [-0.39, 0.29) is 0 Å². The van der Waals surface area contributed by atoms with Crippen molar-refractivity contribution < 1.29 is 0 Å². The van der Waals surface area contributed by atoms with E-state index in [0.717, 1.165) is 37.3 Å². The second-order valence-electron chi connectivity index (χ2n) is 4.00. The fourth-order valence-electron chi connectivity index (χ4n) is 2.08. The Morgan fingerprint density at radius 3 is 2.88 bits per heavy atom. The number of fused-ring (bicyclic) bond motifs is 1. The third-order valence-electron chi connectivity index (χ3n) is 2.96. The van der Waals surface area contributed by atoms with E-state index in [1.807, 2.05) is 0 Å². The van der Waals surface area contributed by atoms with Gasteiger partial charge in [0.15, 0.2) is 10.8 Å². The predicted octanol–water partition coefficient (Wildman–Crippen LogP) is 1.47. The summed E-state index contributed by atoms with van der Waals surface area (Å²) in [5.74, 6) is 1.23. The molecule has 0 unspecified atom stereocenters. The molecule has 2 aromatic rings. The minimum atomic E-state index is 0.403. The minimum Gasteiger partial charge on any atom is -0.341 e. The van der Waals surface area contributed by atoms with Crippen LogP contribution in [0, 0.1) is 0 Å². The highest BCUT2D eigenvalue weighted by atomic mass is 35.5. The molecule has 0 saturated carbocycles. The van der Waals surface area contributed by atoms with E-state index in [2.05, 4.69) is 25.3 Å². The maximum atomic E-state index is 6.08. The first kappa shape index (κ1) is 9.99. The van der Waals surface area contributed by atoms with Gasteiger partial charge in [-0.25, -0.2) is 15.0 Å². The summed E-state index contributed by atoms with van der Waals surface area (Å²) in [6.45, 7) is 2.04. The maximum absolute atomic E-state index is 6.08. The molecule has 6 heteroatoms. The number of hydrogen-bond acceptors (Lipinski definition) is 4. The van der Waals surface area contributed by atoms with Crippen LogP contribution in [0.5, 0.6) is 0 Å². The van der Waals surface area contributed by atoms with Crippen LogP contribution in [-0.2, 0) is 0 Å². The van der Waals surface area contributed by atoms with Crippen LogP contribution < -0.4 is 5.32 Å². The number of aromatic nitrogens is 4. The number of nitrogens with zero attached hydrogens (tertiary/aromatic N) is 3. The second kappa shape index (κ2) is 3.99. The molecule has 3 rings (SSSR count). The van der Waals surface area contributed by atoms with Gasteiger partial charge in [-0.1, -0.05) is 11.6 Å². The zero-order valence-electron chi connectivity index (χ0n) is 8.70. The highest BCUT2D eigenvalue weighted by Gasteiger charge is 2.19. The molecule has 5 nitrogen and oxygen atoms in total. The summed E-state index contributed by atoms with van der Waals surface area (Å²) in [4.78, 5) is 15.9. The Kier molecular flexibility index (Phi) is 2.49. The van der Waals surface area contributed by atoms with Gasteiger partial charge < -0.3 is 10.3 Å². The van der Waals surface area contributed by atoms with Gasteiger partial charge in [0, 0.05) is 5.92 Å². The molecule has 3 heterocycles. The largest absolute Gasteiger partial charge is 0.341 e. The summed E-state index contributed by atoms with van der Waals surface area (Å²) in [7, 11) is 0. The first-order valence-corrected chi connectivity index (χ1v) is 5.79. The smallest absolute Gasteiger partial charge is 0.182 e. The summed E-state index contributed by atoms with van der Waals surface area (Å²) in [5, 5.41) is 3.79. The molecule has 0 spiro atoms. The van der Waals surface area contributed by atoms with Gasteiger partial charge in [-0.05, 0) is 25.9 Å². The molecule has 1 aliphatic rings. The SMILES string of the molecule is Clc1nc(C2CCNCC2)nc2nc[nH]c12. The van der Waals surface area contributed by atoms with E-state index in [9.17, 15) is 0 Å². The Bertz CT molecular complexity index is 503. The molecule has 2 aromatic heterocycles. The standard InChI is InChI=1S/C10H12ClN5/c11-8-7-10(14-5-13-7)16-9(15-8)6-1-3-12-4-2-6/h5-6,12H,1-4H2,(H,13,14,15,16). The Labute approximate surface area is 97.7 Å². The Balaban J connectivity index is 2.02. The third kappa shape index (κ3) is 1.66. The van der Waals surface area contributed by atoms with Crippen molar-refractivity contribution in [1.29, 1.82) is 0 Å². The normalized spacial score (nSPS) is 18.1. The molecule has 0 aromatic carbocycles. The van der Waals surface area contributed by atoms with Crippen molar-refractivity contribution in [3.63, 3.8) is 0 Å². The van der Waals surface area contributed by atoms with Gasteiger partial charge in [0.2, 0.25) is 0 Å². The van der Waals surface area contributed by atoms with Crippen molar-refractivity contribution in [2.75, 3.05) is 13.1 Å². The molecule has 0 amide bonds. The van der Waals surface area contributed by atoms with Crippen LogP contribution in [-0.4, -0.2) is 33.0 Å². The molecule has 0 atom stereocenters. The summed E-state index contributed by atoms with van der Waals surface area (Å²) < 4.78 is 0. The lowest BCUT2D eigenvalue weighted by Gasteiger charge is -2.21. The van der Waals surface area contributed by atoms with Gasteiger partial charge in [-0.3, -0.25) is 0 Å². The van der Waals surface area contributed by atoms with Crippen molar-refractivity contribution in [1.82, 2.24) is 25.3 Å². The molecule has 1 aliphatic heterocycles. The number of halogens is 1. The lowest BCUT2D eigenvalue weighted by atomic mass is 9.97. The van der Waals surface area contributed by atoms with E-state index >= 15 is 0 Å². The molecule has 84 valence electrons. The van der Waals surface area contributed by atoms with Crippen LogP contribution in [0.4, 0.5) is 0 Å². The Hall–Kier alpha value is -1.20. The molecule has 0 bridgehead atoms. The van der Waals surface area contributed by atoms with Gasteiger partial charge in [-0.2, -0.15) is 0 Å². The van der Waals surface area contributed by atoms with Crippen LogP contribution in [0.1, 0.15) is 24.6 Å². The van der Waals surface area contributed by atoms with Gasteiger partial charge in [0.05, 0.1) is 6.33 Å². The predicted molar refractivity (Wildman–Crippen MR) is 61.5 cm³/mol. The number of H-pyrrole nitrogens is 1. The number of hydrogen-bond donors (Lipinski definition) is 2. The first-order chi connectivity index (χ1) is 7.84. The lowest BCUT2D eigenvalue weighted by molar-refractivity contribution is 0.446. The van der Waals surface area contributed by atoms with Crippen LogP contribution >= 0.6 is 11.6 Å². The van der Waals surface area contributed by atoms with Crippen molar-refractivity contribution in [2.24, 2.45) is 0 Å². The molecule has 2 N–H and O–H groups in total. The average Bonchev–Trinajstić information content (AvgIpc) is 2.79. The molecule has 1 fully saturated rings. The molecule has 0 radical (unpaired) electrons. The summed E-state index contributed by atoms with van der Waals surface area (Å²) >= 11 is 6.08. The summed E-state index contributed by atoms with van der Waals surface area (Å²) in [5.41, 5.74) is 1.38. The minimum absolute atomic E-state index is 0.403. The molecule has 0 aliphatic carbocycles. The fourth-order valence-corrected chi connectivity index (χ4v) is 2.30. The highest BCUT2D eigenvalue weighted by Crippen LogP contribution is 2.25. The molecular weight excluding hydrogens is 226 g/mol. The summed E-state index contributed by atoms with van der Waals surface area (Å²) in [6, 6.07) is 0. The van der Waals surface area contributed by atoms with E-state index in [0.29, 0.717) is 16.7 Å². The number of nitrogens with one attached hydrogen (secondary N) is 2. The van der Waals surface area contributed by atoms with Crippen LogP contribution in [0.15, 0.2) is 6.33 Å². The highest BCUT2D eigenvalue weighted by molar-refractivity contribution is 6.33. The van der Waals surface area contributed by atoms with Crippen LogP contribution in [0.25, 0.3) is 11.2 Å². The number of piperidine rings is 1. The first-order valence-electron chi connectivity index (χ1n) is 5.42. The van der Waals surface area contributed by atoms with Gasteiger partial charge >= 0.3 is 0 Å². The zero-order valence-corrected chi connectivity index (χ0v) is 9.46. The number of imidazole rings is 1. The molecule has 1 saturated heterocycles. The van der Waals surface area contributed by atoms with E-state index < -0.39 is 0 Å². The molecular formula is C10H12ClN5. The third-order valence-corrected chi connectivity index (χ3v) is 3.24. The Morgan fingerprint density at radius 2 is 2.06 bits per heavy atom. The zero-order chi connectivity index (χ0) is 11.0. The van der Waals surface area contributed by atoms with Gasteiger partial charge in [0.1, 0.15) is 11.3 Å². The van der Waals surface area contributed by atoms with E-state index in [4.69, 9.17) is 11.6 Å². The lowest BCUT2D eigenvalue weighted by Crippen LogP contribution is -2.27. The van der Waals surface area contributed by atoms with Crippen LogP contribution in [0.3, 0.4) is 0 Å². The van der Waals surface area contributed by atoms with Crippen molar-refractivity contribution >= 4 is 22.8 Å². The van der Waals surface area contributed by atoms with E-state index in [1.54, 1.807) is 6.33 Å². The Morgan fingerprint density at radius 1 is 1.25 bits per heavy atom. The van der Waals surface area contributed by atoms with Gasteiger partial charge in [0.25, 0.3) is 0 Å². The van der Waals surface area contributed by atoms with Crippen molar-refractivity contribution in [3.8, 4) is 0 Å². The van der Waals surface area contributed by atoms with E-state index in [1.165, 1.54) is 0 Å². The maximum Gasteiger partial charge on any atom is 0.182 e. The fraction of sp³-hybridized carbons (Fsp3) is 0.500. The summed E-state index contributed by atoms with van der Waals surface area (Å²) in [6.07, 6.45) is 3.72. The number of rotatable bonds is 1. The van der Waals surface area contributed by atoms with Gasteiger partial charge in [-0.15, -0.1) is 0 Å². The average molecular weight is 238 g/mol. The van der Waals surface area contributed by atoms with Crippen LogP contribution in [0.2, 0.25) is 5.15 Å². The number of aromatic amines is 1. The topological polar surface area (TPSA) is 66.5 Å². The van der Waals surface area contributed by atoms with Crippen molar-refractivity contribution in [2.45, 2.75) is 18.8 Å². The molecule has 16 heavy (non-hydrogen) atoms. The quantitative estimate of drug-likeness (QED) is 0.738. The monoisotopic (exact) mass is 237 g/mol.